The molecule has 0 radical (unpaired) electrons. The highest BCUT2D eigenvalue weighted by Crippen LogP contribution is 2.26. The molecule has 0 bridgehead atoms. The van der Waals surface area contributed by atoms with Crippen LogP contribution < -0.4 is 19.5 Å². The quantitative estimate of drug-likeness (QED) is 0.437. The van der Waals surface area contributed by atoms with Gasteiger partial charge in [0.15, 0.2) is 0 Å². The summed E-state index contributed by atoms with van der Waals surface area (Å²) in [4.78, 5) is 26.9. The third kappa shape index (κ3) is 6.41. The molecule has 0 unspecified atom stereocenters. The van der Waals surface area contributed by atoms with E-state index in [1.165, 1.54) is 31.3 Å². The van der Waals surface area contributed by atoms with Crippen LogP contribution in [0.25, 0.3) is 0 Å². The van der Waals surface area contributed by atoms with E-state index in [2.05, 4.69) is 5.32 Å². The van der Waals surface area contributed by atoms with E-state index in [1.807, 2.05) is 30.3 Å². The Labute approximate surface area is 198 Å². The number of anilines is 1. The number of nitrogens with one attached hydrogen (secondary N) is 1. The average molecular weight is 465 g/mol. The minimum atomic E-state index is -0.411. The van der Waals surface area contributed by atoms with Crippen LogP contribution in [0.1, 0.15) is 27.1 Å². The average Bonchev–Trinajstić information content (AvgIpc) is 2.86. The smallest absolute Gasteiger partial charge is 0.257 e. The fraction of sp³-hybridized carbons (Fsp3) is 0.231. The van der Waals surface area contributed by atoms with Crippen molar-refractivity contribution in [3.63, 3.8) is 0 Å². The highest BCUT2D eigenvalue weighted by atomic mass is 16.5. The second kappa shape index (κ2) is 11.6. The topological polar surface area (TPSA) is 97.3 Å². The highest BCUT2D eigenvalue weighted by Gasteiger charge is 2.17. The monoisotopic (exact) mass is 464 g/mol. The van der Waals surface area contributed by atoms with E-state index in [-0.39, 0.29) is 17.2 Å². The van der Waals surface area contributed by atoms with Crippen LogP contribution in [-0.4, -0.2) is 56.2 Å². The van der Waals surface area contributed by atoms with Gasteiger partial charge in [-0.15, -0.1) is 0 Å². The molecule has 0 spiro atoms. The summed E-state index contributed by atoms with van der Waals surface area (Å²) in [5, 5.41) is 13.1. The van der Waals surface area contributed by atoms with Gasteiger partial charge >= 0.3 is 0 Å². The molecule has 34 heavy (non-hydrogen) atoms. The first kappa shape index (κ1) is 24.4. The summed E-state index contributed by atoms with van der Waals surface area (Å²) in [6.07, 6.45) is 0.635. The van der Waals surface area contributed by atoms with E-state index in [0.717, 1.165) is 5.75 Å². The molecule has 0 atom stereocenters. The molecule has 0 aliphatic rings. The molecule has 2 amide bonds. The SMILES string of the molecule is COc1cc(OC)cc(C(=O)Nc2ccc(C(=O)N(C)CCCOc3ccccc3)c(O)c2)c1. The van der Waals surface area contributed by atoms with Crippen LogP contribution in [0.4, 0.5) is 5.69 Å². The summed E-state index contributed by atoms with van der Waals surface area (Å²) in [6.45, 7) is 0.926. The number of benzene rings is 3. The van der Waals surface area contributed by atoms with E-state index in [9.17, 15) is 14.7 Å². The molecule has 2 N–H and O–H groups in total. The number of carbonyl (C=O) groups is 2. The first-order chi connectivity index (χ1) is 16.4. The third-order valence-corrected chi connectivity index (χ3v) is 5.10. The zero-order valence-corrected chi connectivity index (χ0v) is 19.4. The molecule has 0 aromatic heterocycles. The summed E-state index contributed by atoms with van der Waals surface area (Å²) in [5.74, 6) is 0.771. The molecule has 0 aliphatic carbocycles. The molecule has 0 aliphatic heterocycles. The van der Waals surface area contributed by atoms with Crippen molar-refractivity contribution in [3.8, 4) is 23.0 Å². The Kier molecular flexibility index (Phi) is 8.34. The number of phenols is 1. The van der Waals surface area contributed by atoms with Crippen LogP contribution in [-0.2, 0) is 0 Å². The van der Waals surface area contributed by atoms with Gasteiger partial charge in [0.1, 0.15) is 23.0 Å². The number of ether oxygens (including phenoxy) is 3. The summed E-state index contributed by atoms with van der Waals surface area (Å²) in [5.41, 5.74) is 0.820. The van der Waals surface area contributed by atoms with Gasteiger partial charge < -0.3 is 29.5 Å². The van der Waals surface area contributed by atoms with Crippen molar-refractivity contribution in [2.45, 2.75) is 6.42 Å². The first-order valence-corrected chi connectivity index (χ1v) is 10.7. The predicted octanol–water partition coefficient (Wildman–Crippen LogP) is 4.20. The van der Waals surface area contributed by atoms with E-state index < -0.39 is 5.91 Å². The number of methoxy groups -OCH3 is 2. The Balaban J connectivity index is 1.58. The molecular formula is C26H28N2O6. The zero-order chi connectivity index (χ0) is 24.5. The van der Waals surface area contributed by atoms with Crippen molar-refractivity contribution in [2.75, 3.05) is 39.7 Å². The summed E-state index contributed by atoms with van der Waals surface area (Å²) < 4.78 is 16.0. The fourth-order valence-corrected chi connectivity index (χ4v) is 3.25. The lowest BCUT2D eigenvalue weighted by Crippen LogP contribution is -2.28. The van der Waals surface area contributed by atoms with Crippen LogP contribution in [0.15, 0.2) is 66.7 Å². The minimum Gasteiger partial charge on any atom is -0.507 e. The highest BCUT2D eigenvalue weighted by molar-refractivity contribution is 6.05. The van der Waals surface area contributed by atoms with Gasteiger partial charge in [0.2, 0.25) is 0 Å². The molecular weight excluding hydrogens is 436 g/mol. The third-order valence-electron chi connectivity index (χ3n) is 5.10. The van der Waals surface area contributed by atoms with E-state index in [0.29, 0.717) is 42.3 Å². The summed E-state index contributed by atoms with van der Waals surface area (Å²) in [7, 11) is 4.66. The van der Waals surface area contributed by atoms with Gasteiger partial charge in [-0.05, 0) is 42.8 Å². The maximum absolute atomic E-state index is 12.7. The summed E-state index contributed by atoms with van der Waals surface area (Å²) >= 11 is 0. The normalized spacial score (nSPS) is 10.3. The second-order valence-corrected chi connectivity index (χ2v) is 7.53. The lowest BCUT2D eigenvalue weighted by atomic mass is 10.1. The Bertz CT molecular complexity index is 1110. The van der Waals surface area contributed by atoms with Crippen LogP contribution in [0, 0.1) is 0 Å². The molecule has 8 heteroatoms. The molecule has 3 rings (SSSR count). The predicted molar refractivity (Wildman–Crippen MR) is 129 cm³/mol. The van der Waals surface area contributed by atoms with Crippen molar-refractivity contribution in [2.24, 2.45) is 0 Å². The molecule has 3 aromatic rings. The van der Waals surface area contributed by atoms with Gasteiger partial charge in [-0.2, -0.15) is 0 Å². The summed E-state index contributed by atoms with van der Waals surface area (Å²) in [6, 6.07) is 18.7. The van der Waals surface area contributed by atoms with E-state index in [4.69, 9.17) is 14.2 Å². The van der Waals surface area contributed by atoms with Crippen LogP contribution in [0.3, 0.4) is 0 Å². The molecule has 0 heterocycles. The van der Waals surface area contributed by atoms with Gasteiger partial charge in [0, 0.05) is 37.0 Å². The number of carbonyl (C=O) groups excluding carboxylic acids is 2. The van der Waals surface area contributed by atoms with Crippen LogP contribution in [0.5, 0.6) is 23.0 Å². The standard InChI is InChI=1S/C26H28N2O6/c1-28(12-7-13-34-20-8-5-4-6-9-20)26(31)23-11-10-19(16-24(23)29)27-25(30)18-14-21(32-2)17-22(15-18)33-3/h4-6,8-11,14-17,29H,7,12-13H2,1-3H3,(H,27,30). The maximum atomic E-state index is 12.7. The van der Waals surface area contributed by atoms with E-state index >= 15 is 0 Å². The number of hydrogen-bond acceptors (Lipinski definition) is 6. The number of rotatable bonds is 10. The molecule has 3 aromatic carbocycles. The van der Waals surface area contributed by atoms with Crippen molar-refractivity contribution in [1.82, 2.24) is 4.90 Å². The van der Waals surface area contributed by atoms with Crippen molar-refractivity contribution >= 4 is 17.5 Å². The first-order valence-electron chi connectivity index (χ1n) is 10.7. The van der Waals surface area contributed by atoms with Crippen molar-refractivity contribution < 1.29 is 28.9 Å². The van der Waals surface area contributed by atoms with Crippen molar-refractivity contribution in [3.05, 3.63) is 77.9 Å². The molecule has 0 saturated heterocycles. The Hall–Kier alpha value is -4.20. The molecule has 8 nitrogen and oxygen atoms in total. The van der Waals surface area contributed by atoms with Gasteiger partial charge in [0.25, 0.3) is 11.8 Å². The number of phenolic OH excluding ortho intramolecular Hbond substituents is 1. The molecule has 0 saturated carbocycles. The largest absolute Gasteiger partial charge is 0.507 e. The number of hydrogen-bond donors (Lipinski definition) is 2. The number of para-hydroxylation sites is 1. The molecule has 0 fully saturated rings. The van der Waals surface area contributed by atoms with Gasteiger partial charge in [-0.3, -0.25) is 9.59 Å². The Morgan fingerprint density at radius 3 is 2.21 bits per heavy atom. The second-order valence-electron chi connectivity index (χ2n) is 7.53. The molecule has 178 valence electrons. The maximum Gasteiger partial charge on any atom is 0.257 e. The minimum absolute atomic E-state index is 0.146. The van der Waals surface area contributed by atoms with Crippen LogP contribution in [0.2, 0.25) is 0 Å². The number of aromatic hydroxyl groups is 1. The zero-order valence-electron chi connectivity index (χ0n) is 19.4. The Morgan fingerprint density at radius 1 is 0.912 bits per heavy atom. The van der Waals surface area contributed by atoms with E-state index in [1.54, 1.807) is 31.3 Å². The van der Waals surface area contributed by atoms with Crippen molar-refractivity contribution in [1.29, 1.82) is 0 Å². The van der Waals surface area contributed by atoms with Crippen LogP contribution >= 0.6 is 0 Å². The van der Waals surface area contributed by atoms with Gasteiger partial charge in [-0.1, -0.05) is 18.2 Å². The fourth-order valence-electron chi connectivity index (χ4n) is 3.25. The Morgan fingerprint density at radius 2 is 1.59 bits per heavy atom. The lowest BCUT2D eigenvalue weighted by Gasteiger charge is -2.18. The number of nitrogens with zero attached hydrogens (tertiary/aromatic N) is 1. The van der Waals surface area contributed by atoms with Gasteiger partial charge in [0.05, 0.1) is 26.4 Å². The lowest BCUT2D eigenvalue weighted by molar-refractivity contribution is 0.0784. The van der Waals surface area contributed by atoms with Gasteiger partial charge in [-0.25, -0.2) is 0 Å². The number of amides is 2.